The van der Waals surface area contributed by atoms with Gasteiger partial charge in [0.05, 0.1) is 4.92 Å². The quantitative estimate of drug-likeness (QED) is 0.576. The predicted molar refractivity (Wildman–Crippen MR) is 86.4 cm³/mol. The molecule has 3 rings (SSSR count). The number of para-hydroxylation sites is 2. The Labute approximate surface area is 139 Å². The van der Waals surface area contributed by atoms with E-state index in [1.165, 1.54) is 12.1 Å². The van der Waals surface area contributed by atoms with Crippen LogP contribution in [-0.2, 0) is 11.3 Å². The van der Waals surface area contributed by atoms with Crippen LogP contribution in [0.1, 0.15) is 18.4 Å². The lowest BCUT2D eigenvalue weighted by molar-refractivity contribution is -0.385. The molecule has 0 bridgehead atoms. The molecule has 1 amide bonds. The van der Waals surface area contributed by atoms with E-state index in [2.05, 4.69) is 4.98 Å². The van der Waals surface area contributed by atoms with E-state index in [4.69, 9.17) is 4.74 Å². The molecular formula is C17H17N3O4. The molecule has 0 saturated heterocycles. The number of hydrogen-bond acceptors (Lipinski definition) is 5. The van der Waals surface area contributed by atoms with Gasteiger partial charge in [0.1, 0.15) is 0 Å². The van der Waals surface area contributed by atoms with Gasteiger partial charge in [-0.1, -0.05) is 12.1 Å². The van der Waals surface area contributed by atoms with Crippen LogP contribution in [0.4, 0.5) is 5.69 Å². The number of aromatic nitrogens is 1. The van der Waals surface area contributed by atoms with E-state index in [9.17, 15) is 14.9 Å². The highest BCUT2D eigenvalue weighted by Gasteiger charge is 2.33. The lowest BCUT2D eigenvalue weighted by Gasteiger charge is -2.22. The summed E-state index contributed by atoms with van der Waals surface area (Å²) >= 11 is 0. The Morgan fingerprint density at radius 3 is 2.62 bits per heavy atom. The standard InChI is InChI=1S/C17H17N3O4/c21-17(12-24-16-4-2-1-3-15(16)20(22)23)19(14-5-6-14)11-13-7-9-18-10-8-13/h1-4,7-10,14H,5-6,11-12H2. The van der Waals surface area contributed by atoms with Crippen LogP contribution in [-0.4, -0.2) is 33.4 Å². The first kappa shape index (κ1) is 15.9. The van der Waals surface area contributed by atoms with Gasteiger partial charge in [-0.3, -0.25) is 19.9 Å². The zero-order valence-electron chi connectivity index (χ0n) is 13.0. The largest absolute Gasteiger partial charge is 0.477 e. The van der Waals surface area contributed by atoms with Gasteiger partial charge >= 0.3 is 5.69 Å². The summed E-state index contributed by atoms with van der Waals surface area (Å²) in [5.74, 6) is -0.0667. The molecule has 1 fully saturated rings. The van der Waals surface area contributed by atoms with Crippen molar-refractivity contribution in [3.05, 3.63) is 64.5 Å². The molecule has 1 aliphatic carbocycles. The zero-order valence-corrected chi connectivity index (χ0v) is 13.0. The molecule has 2 aromatic rings. The van der Waals surface area contributed by atoms with Gasteiger partial charge in [0.25, 0.3) is 5.91 Å². The molecule has 0 spiro atoms. The molecule has 24 heavy (non-hydrogen) atoms. The second-order valence-electron chi connectivity index (χ2n) is 5.62. The number of nitro groups is 1. The van der Waals surface area contributed by atoms with Gasteiger partial charge in [-0.05, 0) is 36.6 Å². The van der Waals surface area contributed by atoms with E-state index in [0.717, 1.165) is 18.4 Å². The summed E-state index contributed by atoms with van der Waals surface area (Å²) < 4.78 is 5.41. The van der Waals surface area contributed by atoms with Gasteiger partial charge in [-0.15, -0.1) is 0 Å². The van der Waals surface area contributed by atoms with Crippen LogP contribution >= 0.6 is 0 Å². The van der Waals surface area contributed by atoms with Gasteiger partial charge in [0, 0.05) is 31.0 Å². The molecule has 7 heteroatoms. The van der Waals surface area contributed by atoms with Crippen LogP contribution in [0.15, 0.2) is 48.8 Å². The van der Waals surface area contributed by atoms with Gasteiger partial charge in [-0.25, -0.2) is 0 Å². The van der Waals surface area contributed by atoms with E-state index in [1.54, 1.807) is 29.4 Å². The maximum absolute atomic E-state index is 12.5. The molecule has 1 saturated carbocycles. The number of carbonyl (C=O) groups excluding carboxylic acids is 1. The maximum atomic E-state index is 12.5. The number of nitrogens with zero attached hydrogens (tertiary/aromatic N) is 3. The number of nitro benzene ring substituents is 1. The fraction of sp³-hybridized carbons (Fsp3) is 0.294. The Morgan fingerprint density at radius 2 is 1.96 bits per heavy atom. The highest BCUT2D eigenvalue weighted by Crippen LogP contribution is 2.29. The molecule has 0 radical (unpaired) electrons. The van der Waals surface area contributed by atoms with Gasteiger partial charge in [-0.2, -0.15) is 0 Å². The summed E-state index contributed by atoms with van der Waals surface area (Å²) in [6.45, 7) is 0.276. The molecule has 0 atom stereocenters. The number of pyridine rings is 1. The summed E-state index contributed by atoms with van der Waals surface area (Å²) in [6.07, 6.45) is 5.33. The summed E-state index contributed by atoms with van der Waals surface area (Å²) in [7, 11) is 0. The smallest absolute Gasteiger partial charge is 0.310 e. The van der Waals surface area contributed by atoms with Crippen molar-refractivity contribution in [3.63, 3.8) is 0 Å². The number of hydrogen-bond donors (Lipinski definition) is 0. The van der Waals surface area contributed by atoms with Crippen molar-refractivity contribution in [3.8, 4) is 5.75 Å². The first-order valence-corrected chi connectivity index (χ1v) is 7.70. The number of ether oxygens (including phenoxy) is 1. The van der Waals surface area contributed by atoms with E-state index in [-0.39, 0.29) is 30.0 Å². The van der Waals surface area contributed by atoms with Gasteiger partial charge < -0.3 is 9.64 Å². The van der Waals surface area contributed by atoms with Crippen LogP contribution in [0.3, 0.4) is 0 Å². The molecule has 0 N–H and O–H groups in total. The van der Waals surface area contributed by atoms with Crippen molar-refractivity contribution >= 4 is 11.6 Å². The average Bonchev–Trinajstić information content (AvgIpc) is 3.43. The van der Waals surface area contributed by atoms with Crippen LogP contribution in [0.2, 0.25) is 0 Å². The minimum absolute atomic E-state index is 0.107. The fourth-order valence-corrected chi connectivity index (χ4v) is 2.44. The number of rotatable bonds is 7. The molecule has 0 aliphatic heterocycles. The van der Waals surface area contributed by atoms with Crippen molar-refractivity contribution in [1.82, 2.24) is 9.88 Å². The monoisotopic (exact) mass is 327 g/mol. The molecule has 7 nitrogen and oxygen atoms in total. The maximum Gasteiger partial charge on any atom is 0.310 e. The number of benzene rings is 1. The van der Waals surface area contributed by atoms with Crippen LogP contribution in [0, 0.1) is 10.1 Å². The van der Waals surface area contributed by atoms with E-state index >= 15 is 0 Å². The highest BCUT2D eigenvalue weighted by atomic mass is 16.6. The molecule has 1 aromatic heterocycles. The van der Waals surface area contributed by atoms with Gasteiger partial charge in [0.15, 0.2) is 12.4 Å². The average molecular weight is 327 g/mol. The molecular weight excluding hydrogens is 310 g/mol. The predicted octanol–water partition coefficient (Wildman–Crippen LogP) is 2.56. The zero-order chi connectivity index (χ0) is 16.9. The second kappa shape index (κ2) is 7.08. The van der Waals surface area contributed by atoms with E-state index in [0.29, 0.717) is 6.54 Å². The van der Waals surface area contributed by atoms with Crippen molar-refractivity contribution < 1.29 is 14.5 Å². The third-order valence-corrected chi connectivity index (χ3v) is 3.82. The minimum atomic E-state index is -0.518. The van der Waals surface area contributed by atoms with Crippen molar-refractivity contribution in [2.75, 3.05) is 6.61 Å². The second-order valence-corrected chi connectivity index (χ2v) is 5.62. The Hall–Kier alpha value is -2.96. The van der Waals surface area contributed by atoms with Crippen molar-refractivity contribution in [1.29, 1.82) is 0 Å². The lowest BCUT2D eigenvalue weighted by atomic mass is 10.2. The Morgan fingerprint density at radius 1 is 1.25 bits per heavy atom. The third kappa shape index (κ3) is 3.87. The van der Waals surface area contributed by atoms with Gasteiger partial charge in [0.2, 0.25) is 0 Å². The number of amides is 1. The molecule has 1 aliphatic rings. The van der Waals surface area contributed by atoms with Crippen LogP contribution in [0.25, 0.3) is 0 Å². The summed E-state index contributed by atoms with van der Waals surface area (Å²) in [5.41, 5.74) is 0.855. The molecule has 1 heterocycles. The van der Waals surface area contributed by atoms with Crippen LogP contribution in [0.5, 0.6) is 5.75 Å². The number of carbonyl (C=O) groups is 1. The Kier molecular flexibility index (Phi) is 4.69. The molecule has 124 valence electrons. The highest BCUT2D eigenvalue weighted by molar-refractivity contribution is 5.78. The first-order valence-electron chi connectivity index (χ1n) is 7.70. The Bertz CT molecular complexity index is 732. The Balaban J connectivity index is 1.65. The van der Waals surface area contributed by atoms with Crippen molar-refractivity contribution in [2.45, 2.75) is 25.4 Å². The van der Waals surface area contributed by atoms with Crippen LogP contribution < -0.4 is 4.74 Å². The lowest BCUT2D eigenvalue weighted by Crippen LogP contribution is -2.36. The third-order valence-electron chi connectivity index (χ3n) is 3.82. The minimum Gasteiger partial charge on any atom is -0.477 e. The topological polar surface area (TPSA) is 85.6 Å². The normalized spacial score (nSPS) is 13.3. The van der Waals surface area contributed by atoms with Crippen molar-refractivity contribution in [2.24, 2.45) is 0 Å². The fourth-order valence-electron chi connectivity index (χ4n) is 2.44. The van der Waals surface area contributed by atoms with E-state index < -0.39 is 4.92 Å². The molecule has 0 unspecified atom stereocenters. The summed E-state index contributed by atoms with van der Waals surface area (Å²) in [6, 6.07) is 10.0. The summed E-state index contributed by atoms with van der Waals surface area (Å²) in [4.78, 5) is 28.7. The SMILES string of the molecule is O=C(COc1ccccc1[N+](=O)[O-])N(Cc1ccncc1)C1CC1. The molecule has 1 aromatic carbocycles. The van der Waals surface area contributed by atoms with E-state index in [1.807, 2.05) is 12.1 Å². The first-order chi connectivity index (χ1) is 11.6. The summed E-state index contributed by atoms with van der Waals surface area (Å²) in [5, 5.41) is 11.0.